The first kappa shape index (κ1) is 21.6. The van der Waals surface area contributed by atoms with Gasteiger partial charge in [0.25, 0.3) is 11.8 Å². The molecular formula is C25H29N5O3. The normalized spacial score (nSPS) is 23.1. The molecule has 2 aromatic rings. The number of rotatable bonds is 4. The zero-order valence-corrected chi connectivity index (χ0v) is 18.7. The molecule has 0 unspecified atom stereocenters. The zero-order valence-electron chi connectivity index (χ0n) is 18.7. The fourth-order valence-electron chi connectivity index (χ4n) is 5.27. The highest BCUT2D eigenvalue weighted by Crippen LogP contribution is 2.33. The first-order valence-corrected chi connectivity index (χ1v) is 11.7. The zero-order chi connectivity index (χ0) is 22.8. The van der Waals surface area contributed by atoms with Gasteiger partial charge in [-0.1, -0.05) is 30.3 Å². The first-order chi connectivity index (χ1) is 16.1. The second-order valence-electron chi connectivity index (χ2n) is 9.24. The van der Waals surface area contributed by atoms with Gasteiger partial charge in [-0.3, -0.25) is 24.4 Å². The van der Waals surface area contributed by atoms with Gasteiger partial charge in [0, 0.05) is 45.1 Å². The number of nitrogens with one attached hydrogen (secondary N) is 1. The lowest BCUT2D eigenvalue weighted by Gasteiger charge is -2.39. The number of amides is 4. The van der Waals surface area contributed by atoms with Gasteiger partial charge in [0.15, 0.2) is 0 Å². The Morgan fingerprint density at radius 3 is 2.58 bits per heavy atom. The number of urea groups is 1. The van der Waals surface area contributed by atoms with Gasteiger partial charge in [-0.25, -0.2) is 4.79 Å². The van der Waals surface area contributed by atoms with Crippen LogP contribution in [0, 0.1) is 0 Å². The van der Waals surface area contributed by atoms with E-state index in [1.165, 1.54) is 10.5 Å². The molecule has 0 saturated carbocycles. The summed E-state index contributed by atoms with van der Waals surface area (Å²) in [6.07, 6.45) is 5.86. The summed E-state index contributed by atoms with van der Waals surface area (Å²) in [5.41, 5.74) is 0.954. The van der Waals surface area contributed by atoms with Gasteiger partial charge in [0.1, 0.15) is 5.54 Å². The lowest BCUT2D eigenvalue weighted by molar-refractivity contribution is -0.135. The average Bonchev–Trinajstić information content (AvgIpc) is 3.10. The third-order valence-corrected chi connectivity index (χ3v) is 7.11. The molecule has 4 amide bonds. The second kappa shape index (κ2) is 8.94. The number of pyridine rings is 1. The number of piperidine rings is 2. The molecule has 1 aromatic heterocycles. The van der Waals surface area contributed by atoms with Gasteiger partial charge >= 0.3 is 6.03 Å². The van der Waals surface area contributed by atoms with Crippen molar-refractivity contribution in [2.75, 3.05) is 26.2 Å². The number of benzene rings is 1. The van der Waals surface area contributed by atoms with Crippen LogP contribution < -0.4 is 5.32 Å². The molecule has 172 valence electrons. The molecule has 0 bridgehead atoms. The van der Waals surface area contributed by atoms with Crippen LogP contribution in [0.2, 0.25) is 0 Å². The van der Waals surface area contributed by atoms with Crippen LogP contribution in [0.3, 0.4) is 0 Å². The Labute approximate surface area is 193 Å². The SMILES string of the molecule is O=C(c1cccnc1)N1CCC[C@H](N2C(=O)NC3(CCN(Cc4ccccc4)CC3)C2=O)C1. The predicted octanol–water partition coefficient (Wildman–Crippen LogP) is 2.27. The molecule has 8 nitrogen and oxygen atoms in total. The molecule has 0 radical (unpaired) electrons. The van der Waals surface area contributed by atoms with Crippen LogP contribution in [0.15, 0.2) is 54.9 Å². The van der Waals surface area contributed by atoms with Crippen LogP contribution >= 0.6 is 0 Å². The maximum Gasteiger partial charge on any atom is 0.325 e. The van der Waals surface area contributed by atoms with Crippen molar-refractivity contribution < 1.29 is 14.4 Å². The van der Waals surface area contributed by atoms with E-state index in [1.807, 2.05) is 18.2 Å². The van der Waals surface area contributed by atoms with Crippen molar-refractivity contribution in [1.29, 1.82) is 0 Å². The van der Waals surface area contributed by atoms with Crippen molar-refractivity contribution in [3.05, 3.63) is 66.0 Å². The van der Waals surface area contributed by atoms with E-state index < -0.39 is 5.54 Å². The molecule has 1 aromatic carbocycles. The van der Waals surface area contributed by atoms with Crippen LogP contribution in [0.25, 0.3) is 0 Å². The average molecular weight is 448 g/mol. The van der Waals surface area contributed by atoms with E-state index in [9.17, 15) is 14.4 Å². The van der Waals surface area contributed by atoms with Crippen LogP contribution in [-0.2, 0) is 11.3 Å². The van der Waals surface area contributed by atoms with E-state index in [1.54, 1.807) is 29.4 Å². The van der Waals surface area contributed by atoms with E-state index in [-0.39, 0.29) is 23.9 Å². The number of likely N-dealkylation sites (tertiary alicyclic amines) is 2. The first-order valence-electron chi connectivity index (χ1n) is 11.7. The van der Waals surface area contributed by atoms with E-state index in [2.05, 4.69) is 27.3 Å². The maximum absolute atomic E-state index is 13.5. The largest absolute Gasteiger partial charge is 0.337 e. The number of carbonyl (C=O) groups is 3. The summed E-state index contributed by atoms with van der Waals surface area (Å²) >= 11 is 0. The third-order valence-electron chi connectivity index (χ3n) is 7.11. The van der Waals surface area contributed by atoms with Crippen LogP contribution in [0.4, 0.5) is 4.79 Å². The quantitative estimate of drug-likeness (QED) is 0.727. The Morgan fingerprint density at radius 2 is 1.85 bits per heavy atom. The predicted molar refractivity (Wildman–Crippen MR) is 122 cm³/mol. The molecule has 0 aliphatic carbocycles. The van der Waals surface area contributed by atoms with Gasteiger partial charge in [-0.05, 0) is 43.4 Å². The van der Waals surface area contributed by atoms with Crippen molar-refractivity contribution in [3.63, 3.8) is 0 Å². The summed E-state index contributed by atoms with van der Waals surface area (Å²) in [5.74, 6) is -0.240. The summed E-state index contributed by atoms with van der Waals surface area (Å²) in [6, 6.07) is 13.1. The molecule has 4 heterocycles. The highest BCUT2D eigenvalue weighted by atomic mass is 16.2. The molecule has 1 atom stereocenters. The number of carbonyl (C=O) groups excluding carboxylic acids is 3. The van der Waals surface area contributed by atoms with Crippen molar-refractivity contribution in [3.8, 4) is 0 Å². The van der Waals surface area contributed by atoms with Gasteiger partial charge in [-0.2, -0.15) is 0 Å². The summed E-state index contributed by atoms with van der Waals surface area (Å²) in [5, 5.41) is 3.02. The summed E-state index contributed by atoms with van der Waals surface area (Å²) in [4.78, 5) is 48.8. The fraction of sp³-hybridized carbons (Fsp3) is 0.440. The summed E-state index contributed by atoms with van der Waals surface area (Å²) in [6.45, 7) is 3.34. The Kier molecular flexibility index (Phi) is 5.85. The molecular weight excluding hydrogens is 418 g/mol. The highest BCUT2D eigenvalue weighted by Gasteiger charge is 2.54. The molecule has 3 aliphatic rings. The molecule has 8 heteroatoms. The van der Waals surface area contributed by atoms with Crippen molar-refractivity contribution in [2.24, 2.45) is 0 Å². The van der Waals surface area contributed by atoms with Crippen LogP contribution in [-0.4, -0.2) is 75.3 Å². The van der Waals surface area contributed by atoms with E-state index in [4.69, 9.17) is 0 Å². The van der Waals surface area contributed by atoms with Crippen molar-refractivity contribution in [2.45, 2.75) is 43.8 Å². The Bertz CT molecular complexity index is 1020. The third kappa shape index (κ3) is 4.23. The van der Waals surface area contributed by atoms with E-state index >= 15 is 0 Å². The second-order valence-corrected chi connectivity index (χ2v) is 9.24. The van der Waals surface area contributed by atoms with Crippen molar-refractivity contribution in [1.82, 2.24) is 25.0 Å². The number of aromatic nitrogens is 1. The maximum atomic E-state index is 13.5. The topological polar surface area (TPSA) is 85.8 Å². The Balaban J connectivity index is 1.24. The summed E-state index contributed by atoms with van der Waals surface area (Å²) < 4.78 is 0. The Hall–Kier alpha value is -3.26. The van der Waals surface area contributed by atoms with E-state index in [0.717, 1.165) is 26.1 Å². The minimum absolute atomic E-state index is 0.108. The standard InChI is InChI=1S/C25H29N5O3/c31-22(20-8-4-12-26-16-20)29-13-5-9-21(18-29)30-23(32)25(27-24(30)33)10-14-28(15-11-25)17-19-6-2-1-3-7-19/h1-4,6-8,12,16,21H,5,9-11,13-15,17-18H2,(H,27,33)/t21-/m0/s1. The number of hydrogen-bond donors (Lipinski definition) is 1. The molecule has 1 N–H and O–H groups in total. The van der Waals surface area contributed by atoms with Gasteiger partial charge in [-0.15, -0.1) is 0 Å². The smallest absolute Gasteiger partial charge is 0.325 e. The minimum atomic E-state index is -0.820. The number of nitrogens with zero attached hydrogens (tertiary/aromatic N) is 4. The van der Waals surface area contributed by atoms with Crippen molar-refractivity contribution >= 4 is 17.8 Å². The number of imide groups is 1. The van der Waals surface area contributed by atoms with E-state index in [0.29, 0.717) is 37.9 Å². The molecule has 1 spiro atoms. The van der Waals surface area contributed by atoms with Crippen LogP contribution in [0.5, 0.6) is 0 Å². The minimum Gasteiger partial charge on any atom is -0.337 e. The molecule has 3 fully saturated rings. The van der Waals surface area contributed by atoms with Gasteiger partial charge in [0.2, 0.25) is 0 Å². The monoisotopic (exact) mass is 447 g/mol. The molecule has 3 saturated heterocycles. The molecule has 5 rings (SSSR count). The molecule has 33 heavy (non-hydrogen) atoms. The summed E-state index contributed by atoms with van der Waals surface area (Å²) in [7, 11) is 0. The highest BCUT2D eigenvalue weighted by molar-refractivity contribution is 6.07. The number of hydrogen-bond acceptors (Lipinski definition) is 5. The lowest BCUT2D eigenvalue weighted by atomic mass is 9.87. The Morgan fingerprint density at radius 1 is 1.06 bits per heavy atom. The lowest BCUT2D eigenvalue weighted by Crippen LogP contribution is -2.56. The van der Waals surface area contributed by atoms with Crippen LogP contribution in [0.1, 0.15) is 41.6 Å². The van der Waals surface area contributed by atoms with Gasteiger partial charge in [0.05, 0.1) is 11.6 Å². The fourth-order valence-corrected chi connectivity index (χ4v) is 5.27. The van der Waals surface area contributed by atoms with Gasteiger partial charge < -0.3 is 10.2 Å². The molecule has 3 aliphatic heterocycles.